The highest BCUT2D eigenvalue weighted by atomic mass is 32.2. The number of nitrogens with one attached hydrogen (secondary N) is 2. The Kier molecular flexibility index (Phi) is 8.41. The number of esters is 1. The van der Waals surface area contributed by atoms with E-state index in [2.05, 4.69) is 24.7 Å². The van der Waals surface area contributed by atoms with E-state index in [1.807, 2.05) is 0 Å². The molecule has 5 rings (SSSR count). The maximum Gasteiger partial charge on any atom is 0.416 e. The van der Waals surface area contributed by atoms with Crippen molar-refractivity contribution < 1.29 is 36.4 Å². The highest BCUT2D eigenvalue weighted by molar-refractivity contribution is 7.87. The number of carbonyl (C=O) groups excluding carboxylic acids is 2. The maximum atomic E-state index is 13.7. The van der Waals surface area contributed by atoms with Crippen LogP contribution in [0, 0.1) is 5.41 Å². The minimum atomic E-state index is -4.63. The number of methoxy groups -OCH3 is 1. The summed E-state index contributed by atoms with van der Waals surface area (Å²) in [6, 6.07) is 6.54. The summed E-state index contributed by atoms with van der Waals surface area (Å²) in [5.74, 6) is -1.71. The third-order valence-electron chi connectivity index (χ3n) is 7.79. The number of benzene rings is 1. The normalized spacial score (nSPS) is 19.0. The molecule has 1 unspecified atom stereocenters. The zero-order valence-corrected chi connectivity index (χ0v) is 23.4. The lowest BCUT2D eigenvalue weighted by Gasteiger charge is -2.35. The topological polar surface area (TPSA) is 113 Å². The molecule has 1 atom stereocenters. The van der Waals surface area contributed by atoms with Crippen molar-refractivity contribution in [2.45, 2.75) is 31.9 Å². The minimum Gasteiger partial charge on any atom is -0.468 e. The van der Waals surface area contributed by atoms with Crippen molar-refractivity contribution in [2.24, 2.45) is 5.41 Å². The number of aromatic nitrogens is 1. The lowest BCUT2D eigenvalue weighted by molar-refractivity contribution is -0.138. The van der Waals surface area contributed by atoms with Crippen LogP contribution in [0.5, 0.6) is 0 Å². The molecule has 1 aromatic carbocycles. The molecule has 41 heavy (non-hydrogen) atoms. The second-order valence-electron chi connectivity index (χ2n) is 10.5. The van der Waals surface area contributed by atoms with Crippen LogP contribution in [-0.4, -0.2) is 73.3 Å². The molecule has 0 bridgehead atoms. The molecule has 1 aliphatic carbocycles. The summed E-state index contributed by atoms with van der Waals surface area (Å²) < 4.78 is 66.3. The molecule has 1 aromatic heterocycles. The summed E-state index contributed by atoms with van der Waals surface area (Å²) in [4.78, 5) is 33.1. The lowest BCUT2D eigenvalue weighted by Crippen LogP contribution is -2.37. The number of piperidine rings is 1. The van der Waals surface area contributed by atoms with Crippen LogP contribution in [0.2, 0.25) is 0 Å². The number of morpholine rings is 1. The Morgan fingerprint density at radius 3 is 2.39 bits per heavy atom. The van der Waals surface area contributed by atoms with E-state index in [4.69, 9.17) is 4.74 Å². The summed E-state index contributed by atoms with van der Waals surface area (Å²) in [6.07, 6.45) is -0.311. The van der Waals surface area contributed by atoms with E-state index in [9.17, 15) is 27.0 Å². The van der Waals surface area contributed by atoms with Crippen LogP contribution >= 0.6 is 0 Å². The van der Waals surface area contributed by atoms with Crippen molar-refractivity contribution in [3.05, 3.63) is 41.5 Å². The highest BCUT2D eigenvalue weighted by Gasteiger charge is 2.44. The van der Waals surface area contributed by atoms with Crippen molar-refractivity contribution in [3.8, 4) is 0 Å². The SMILES string of the molecule is COC(=O)CS(=O)Nc1ccc(C(=O)Nc2cc(C(F)(F)F)cc(N3CCOCC3)n2)c(N2CCC3(CC2)CC3)c1. The molecule has 1 saturated carbocycles. The molecule has 1 amide bonds. The molecule has 10 nitrogen and oxygen atoms in total. The third-order valence-corrected chi connectivity index (χ3v) is 8.75. The number of halogens is 3. The molecular weight excluding hydrogens is 563 g/mol. The predicted octanol–water partition coefficient (Wildman–Crippen LogP) is 3.82. The predicted molar refractivity (Wildman–Crippen MR) is 148 cm³/mol. The molecule has 3 fully saturated rings. The zero-order chi connectivity index (χ0) is 29.2. The molecule has 0 radical (unpaired) electrons. The summed E-state index contributed by atoms with van der Waals surface area (Å²) in [7, 11) is -0.550. The summed E-state index contributed by atoms with van der Waals surface area (Å²) in [5, 5.41) is 2.58. The maximum absolute atomic E-state index is 13.7. The van der Waals surface area contributed by atoms with Gasteiger partial charge in [0.2, 0.25) is 0 Å². The third kappa shape index (κ3) is 7.10. The molecule has 14 heteroatoms. The Labute approximate surface area is 238 Å². The van der Waals surface area contributed by atoms with Gasteiger partial charge >= 0.3 is 12.1 Å². The van der Waals surface area contributed by atoms with Crippen LogP contribution in [0.25, 0.3) is 0 Å². The van der Waals surface area contributed by atoms with Gasteiger partial charge in [0, 0.05) is 31.9 Å². The van der Waals surface area contributed by atoms with Gasteiger partial charge in [0.15, 0.2) is 0 Å². The van der Waals surface area contributed by atoms with Gasteiger partial charge in [-0.15, -0.1) is 0 Å². The first-order valence-corrected chi connectivity index (χ1v) is 14.7. The second-order valence-corrected chi connectivity index (χ2v) is 11.7. The van der Waals surface area contributed by atoms with Gasteiger partial charge < -0.3 is 29.3 Å². The zero-order valence-electron chi connectivity index (χ0n) is 22.6. The van der Waals surface area contributed by atoms with Gasteiger partial charge in [-0.25, -0.2) is 9.19 Å². The van der Waals surface area contributed by atoms with Gasteiger partial charge in [-0.3, -0.25) is 9.59 Å². The average Bonchev–Trinajstić information content (AvgIpc) is 3.71. The Bertz CT molecular complexity index is 1320. The first-order chi connectivity index (χ1) is 19.5. The van der Waals surface area contributed by atoms with Crippen molar-refractivity contribution in [1.29, 1.82) is 0 Å². The molecule has 2 N–H and O–H groups in total. The summed E-state index contributed by atoms with van der Waals surface area (Å²) in [6.45, 7) is 2.91. The highest BCUT2D eigenvalue weighted by Crippen LogP contribution is 2.54. The van der Waals surface area contributed by atoms with Crippen LogP contribution in [0.4, 0.5) is 36.2 Å². The number of nitrogens with zero attached hydrogens (tertiary/aromatic N) is 3. The Morgan fingerprint density at radius 2 is 1.76 bits per heavy atom. The summed E-state index contributed by atoms with van der Waals surface area (Å²) in [5.41, 5.74) is 0.682. The van der Waals surface area contributed by atoms with E-state index >= 15 is 0 Å². The van der Waals surface area contributed by atoms with Gasteiger partial charge in [0.05, 0.1) is 37.1 Å². The molecule has 2 aliphatic heterocycles. The fraction of sp³-hybridized carbons (Fsp3) is 0.519. The largest absolute Gasteiger partial charge is 0.468 e. The number of pyridine rings is 1. The number of rotatable bonds is 8. The number of hydrogen-bond acceptors (Lipinski definition) is 8. The van der Waals surface area contributed by atoms with Gasteiger partial charge in [-0.2, -0.15) is 13.2 Å². The van der Waals surface area contributed by atoms with Crippen LogP contribution in [0.3, 0.4) is 0 Å². The quantitative estimate of drug-likeness (QED) is 0.443. The van der Waals surface area contributed by atoms with Crippen LogP contribution in [-0.2, 0) is 31.4 Å². The van der Waals surface area contributed by atoms with Gasteiger partial charge in [-0.1, -0.05) is 0 Å². The van der Waals surface area contributed by atoms with Crippen LogP contribution in [0.15, 0.2) is 30.3 Å². The number of carbonyl (C=O) groups is 2. The van der Waals surface area contributed by atoms with E-state index in [-0.39, 0.29) is 23.0 Å². The van der Waals surface area contributed by atoms with E-state index in [1.165, 1.54) is 26.0 Å². The fourth-order valence-electron chi connectivity index (χ4n) is 5.16. The Morgan fingerprint density at radius 1 is 1.05 bits per heavy atom. The number of amides is 1. The van der Waals surface area contributed by atoms with Crippen LogP contribution < -0.4 is 19.8 Å². The number of ether oxygens (including phenoxy) is 2. The molecular formula is C27H32F3N5O5S. The van der Waals surface area contributed by atoms with E-state index < -0.39 is 34.6 Å². The van der Waals surface area contributed by atoms with E-state index in [1.54, 1.807) is 17.0 Å². The molecule has 3 aliphatic rings. The molecule has 2 aromatic rings. The first-order valence-electron chi connectivity index (χ1n) is 13.4. The van der Waals surface area contributed by atoms with Gasteiger partial charge in [0.1, 0.15) is 28.4 Å². The van der Waals surface area contributed by atoms with Crippen molar-refractivity contribution in [2.75, 3.05) is 72.1 Å². The Hall–Kier alpha value is -3.39. The first kappa shape index (κ1) is 29.1. The monoisotopic (exact) mass is 595 g/mol. The Balaban J connectivity index is 1.42. The number of alkyl halides is 3. The minimum absolute atomic E-state index is 0.108. The summed E-state index contributed by atoms with van der Waals surface area (Å²) >= 11 is 0. The molecule has 1 spiro atoms. The standard InChI is InChI=1S/C27H32F3N5O5S/c1-39-24(36)17-41(38)33-19-2-3-20(21(16-19)34-8-6-26(4-5-26)7-9-34)25(37)32-22-14-18(27(28,29)30)15-23(31-22)35-10-12-40-13-11-35/h2-3,14-16,33H,4-13,17H2,1H3,(H,31,32,37). The average molecular weight is 596 g/mol. The smallest absolute Gasteiger partial charge is 0.416 e. The number of anilines is 4. The molecule has 222 valence electrons. The fourth-order valence-corrected chi connectivity index (χ4v) is 5.96. The van der Waals surface area contributed by atoms with E-state index in [0.29, 0.717) is 56.2 Å². The second kappa shape index (κ2) is 11.8. The van der Waals surface area contributed by atoms with Crippen molar-refractivity contribution in [3.63, 3.8) is 0 Å². The van der Waals surface area contributed by atoms with Crippen molar-refractivity contribution in [1.82, 2.24) is 4.98 Å². The van der Waals surface area contributed by atoms with Gasteiger partial charge in [-0.05, 0) is 61.4 Å². The number of hydrogen-bond donors (Lipinski definition) is 2. The van der Waals surface area contributed by atoms with Crippen molar-refractivity contribution >= 4 is 45.9 Å². The molecule has 2 saturated heterocycles. The van der Waals surface area contributed by atoms with E-state index in [0.717, 1.165) is 25.0 Å². The van der Waals surface area contributed by atoms with Gasteiger partial charge in [0.25, 0.3) is 5.91 Å². The molecule has 3 heterocycles. The van der Waals surface area contributed by atoms with Crippen LogP contribution in [0.1, 0.15) is 41.6 Å². The lowest BCUT2D eigenvalue weighted by atomic mass is 9.93.